The fraction of sp³-hybridized carbons (Fsp3) is 0.250. The third-order valence-corrected chi connectivity index (χ3v) is 2.75. The molecule has 1 aromatic carbocycles. The molecule has 0 amide bonds. The van der Waals surface area contributed by atoms with Crippen LogP contribution in [0.25, 0.3) is 5.69 Å². The molecule has 1 heterocycles. The van der Waals surface area contributed by atoms with Gasteiger partial charge in [-0.3, -0.25) is 0 Å². The van der Waals surface area contributed by atoms with E-state index >= 15 is 0 Å². The molecule has 1 aromatic heterocycles. The molecule has 0 N–H and O–H groups in total. The van der Waals surface area contributed by atoms with Crippen LogP contribution in [0.4, 0.5) is 0 Å². The molecule has 3 nitrogen and oxygen atoms in total. The van der Waals surface area contributed by atoms with E-state index in [0.717, 1.165) is 22.7 Å². The van der Waals surface area contributed by atoms with Crippen LogP contribution in [0.15, 0.2) is 30.5 Å². The highest BCUT2D eigenvalue weighted by atomic mass is 35.5. The summed E-state index contributed by atoms with van der Waals surface area (Å²) in [7, 11) is 1.65. The van der Waals surface area contributed by atoms with Crippen LogP contribution in [0, 0.1) is 6.92 Å². The van der Waals surface area contributed by atoms with Crippen LogP contribution in [-0.4, -0.2) is 16.9 Å². The predicted octanol–water partition coefficient (Wildman–Crippen LogP) is 2.93. The summed E-state index contributed by atoms with van der Waals surface area (Å²) in [5.41, 5.74) is 2.97. The fourth-order valence-electron chi connectivity index (χ4n) is 1.51. The quantitative estimate of drug-likeness (QED) is 0.767. The van der Waals surface area contributed by atoms with Crippen molar-refractivity contribution in [3.63, 3.8) is 0 Å². The van der Waals surface area contributed by atoms with E-state index in [9.17, 15) is 0 Å². The molecule has 0 unspecified atom stereocenters. The SMILES string of the molecule is COc1cccc(-n2cc(CCl)c(C)n2)c1. The zero-order chi connectivity index (χ0) is 11.5. The maximum atomic E-state index is 5.81. The predicted molar refractivity (Wildman–Crippen MR) is 64.4 cm³/mol. The van der Waals surface area contributed by atoms with Gasteiger partial charge in [0.25, 0.3) is 0 Å². The Morgan fingerprint density at radius 2 is 2.25 bits per heavy atom. The number of aromatic nitrogens is 2. The number of alkyl halides is 1. The first-order chi connectivity index (χ1) is 7.74. The third-order valence-electron chi connectivity index (χ3n) is 2.46. The summed E-state index contributed by atoms with van der Waals surface area (Å²) >= 11 is 5.81. The van der Waals surface area contributed by atoms with E-state index in [1.54, 1.807) is 7.11 Å². The average molecular weight is 237 g/mol. The first-order valence-corrected chi connectivity index (χ1v) is 5.53. The Balaban J connectivity index is 2.41. The van der Waals surface area contributed by atoms with Crippen LogP contribution in [0.2, 0.25) is 0 Å². The molecule has 0 aliphatic heterocycles. The third kappa shape index (κ3) is 2.04. The summed E-state index contributed by atoms with van der Waals surface area (Å²) in [5, 5.41) is 4.40. The van der Waals surface area contributed by atoms with Crippen molar-refractivity contribution in [2.75, 3.05) is 7.11 Å². The van der Waals surface area contributed by atoms with E-state index in [1.165, 1.54) is 0 Å². The summed E-state index contributed by atoms with van der Waals surface area (Å²) < 4.78 is 6.99. The molecular formula is C12H13ClN2O. The van der Waals surface area contributed by atoms with Gasteiger partial charge in [-0.25, -0.2) is 4.68 Å². The standard InChI is InChI=1S/C12H13ClN2O/c1-9-10(7-13)8-15(14-9)11-4-3-5-12(6-11)16-2/h3-6,8H,7H2,1-2H3. The van der Waals surface area contributed by atoms with Crippen LogP contribution in [0.5, 0.6) is 5.75 Å². The van der Waals surface area contributed by atoms with Crippen LogP contribution in [0.3, 0.4) is 0 Å². The lowest BCUT2D eigenvalue weighted by Crippen LogP contribution is -1.95. The van der Waals surface area contributed by atoms with Gasteiger partial charge in [-0.1, -0.05) is 6.07 Å². The average Bonchev–Trinajstić information content (AvgIpc) is 2.71. The van der Waals surface area contributed by atoms with Crippen molar-refractivity contribution in [2.24, 2.45) is 0 Å². The van der Waals surface area contributed by atoms with E-state index in [-0.39, 0.29) is 0 Å². The summed E-state index contributed by atoms with van der Waals surface area (Å²) in [6.45, 7) is 1.95. The van der Waals surface area contributed by atoms with Gasteiger partial charge in [-0.15, -0.1) is 11.6 Å². The van der Waals surface area contributed by atoms with Crippen molar-refractivity contribution < 1.29 is 4.74 Å². The highest BCUT2D eigenvalue weighted by molar-refractivity contribution is 6.17. The molecule has 0 saturated carbocycles. The number of nitrogens with zero attached hydrogens (tertiary/aromatic N) is 2. The number of benzene rings is 1. The van der Waals surface area contributed by atoms with Crippen molar-refractivity contribution in [3.05, 3.63) is 41.7 Å². The zero-order valence-electron chi connectivity index (χ0n) is 9.27. The van der Waals surface area contributed by atoms with Crippen LogP contribution in [-0.2, 0) is 5.88 Å². The highest BCUT2D eigenvalue weighted by Crippen LogP contribution is 2.18. The first-order valence-electron chi connectivity index (χ1n) is 5.00. The van der Waals surface area contributed by atoms with Crippen LogP contribution < -0.4 is 4.74 Å². The van der Waals surface area contributed by atoms with Crippen molar-refractivity contribution in [1.29, 1.82) is 0 Å². The Kier molecular flexibility index (Phi) is 3.15. The minimum atomic E-state index is 0.482. The summed E-state index contributed by atoms with van der Waals surface area (Å²) in [6, 6.07) is 7.76. The Morgan fingerprint density at radius 1 is 1.44 bits per heavy atom. The molecule has 16 heavy (non-hydrogen) atoms. The van der Waals surface area contributed by atoms with Gasteiger partial charge in [0.2, 0.25) is 0 Å². The summed E-state index contributed by atoms with van der Waals surface area (Å²) in [6.07, 6.45) is 1.94. The molecule has 4 heteroatoms. The van der Waals surface area contributed by atoms with Crippen LogP contribution >= 0.6 is 11.6 Å². The topological polar surface area (TPSA) is 27.1 Å². The van der Waals surface area contributed by atoms with Crippen molar-refractivity contribution >= 4 is 11.6 Å². The Hall–Kier alpha value is -1.48. The minimum absolute atomic E-state index is 0.482. The number of rotatable bonds is 3. The van der Waals surface area contributed by atoms with Gasteiger partial charge in [0.05, 0.1) is 24.4 Å². The molecule has 0 saturated heterocycles. The van der Waals surface area contributed by atoms with Crippen molar-refractivity contribution in [2.45, 2.75) is 12.8 Å². The molecule has 0 aliphatic carbocycles. The lowest BCUT2D eigenvalue weighted by atomic mass is 10.3. The van der Waals surface area contributed by atoms with Gasteiger partial charge < -0.3 is 4.74 Å². The number of methoxy groups -OCH3 is 1. The van der Waals surface area contributed by atoms with Gasteiger partial charge in [0.1, 0.15) is 5.75 Å². The lowest BCUT2D eigenvalue weighted by Gasteiger charge is -2.03. The zero-order valence-corrected chi connectivity index (χ0v) is 10.0. The van der Waals surface area contributed by atoms with Crippen molar-refractivity contribution in [1.82, 2.24) is 9.78 Å². The molecule has 0 fully saturated rings. The second kappa shape index (κ2) is 4.58. The minimum Gasteiger partial charge on any atom is -0.497 e. The lowest BCUT2D eigenvalue weighted by molar-refractivity contribution is 0.414. The van der Waals surface area contributed by atoms with E-state index in [4.69, 9.17) is 16.3 Å². The molecule has 0 radical (unpaired) electrons. The van der Waals surface area contributed by atoms with E-state index in [2.05, 4.69) is 5.10 Å². The molecule has 2 rings (SSSR count). The van der Waals surface area contributed by atoms with Gasteiger partial charge in [0, 0.05) is 17.8 Å². The largest absolute Gasteiger partial charge is 0.497 e. The fourth-order valence-corrected chi connectivity index (χ4v) is 1.77. The number of hydrogen-bond acceptors (Lipinski definition) is 2. The Labute approximate surface area is 99.6 Å². The Bertz CT molecular complexity index is 494. The number of hydrogen-bond donors (Lipinski definition) is 0. The van der Waals surface area contributed by atoms with Gasteiger partial charge in [0.15, 0.2) is 0 Å². The van der Waals surface area contributed by atoms with E-state index in [1.807, 2.05) is 42.1 Å². The highest BCUT2D eigenvalue weighted by Gasteiger charge is 2.05. The molecule has 0 spiro atoms. The second-order valence-electron chi connectivity index (χ2n) is 3.52. The molecular weight excluding hydrogens is 224 g/mol. The summed E-state index contributed by atoms with van der Waals surface area (Å²) in [5.74, 6) is 1.30. The Morgan fingerprint density at radius 3 is 2.88 bits per heavy atom. The first kappa shape index (κ1) is 11.0. The van der Waals surface area contributed by atoms with Crippen LogP contribution in [0.1, 0.15) is 11.3 Å². The van der Waals surface area contributed by atoms with E-state index in [0.29, 0.717) is 5.88 Å². The molecule has 0 atom stereocenters. The van der Waals surface area contributed by atoms with Gasteiger partial charge >= 0.3 is 0 Å². The monoisotopic (exact) mass is 236 g/mol. The number of aryl methyl sites for hydroxylation is 1. The maximum absolute atomic E-state index is 5.81. The smallest absolute Gasteiger partial charge is 0.121 e. The van der Waals surface area contributed by atoms with Gasteiger partial charge in [-0.2, -0.15) is 5.10 Å². The normalized spacial score (nSPS) is 10.4. The van der Waals surface area contributed by atoms with Gasteiger partial charge in [-0.05, 0) is 19.1 Å². The molecule has 84 valence electrons. The number of halogens is 1. The second-order valence-corrected chi connectivity index (χ2v) is 3.79. The summed E-state index contributed by atoms with van der Waals surface area (Å²) in [4.78, 5) is 0. The number of ether oxygens (including phenoxy) is 1. The molecule has 2 aromatic rings. The molecule has 0 bridgehead atoms. The van der Waals surface area contributed by atoms with E-state index < -0.39 is 0 Å². The van der Waals surface area contributed by atoms with Crippen molar-refractivity contribution in [3.8, 4) is 11.4 Å². The molecule has 0 aliphatic rings. The maximum Gasteiger partial charge on any atom is 0.121 e.